The maximum atomic E-state index is 12.5. The van der Waals surface area contributed by atoms with E-state index in [1.165, 1.54) is 24.5 Å². The van der Waals surface area contributed by atoms with Gasteiger partial charge >= 0.3 is 6.18 Å². The summed E-state index contributed by atoms with van der Waals surface area (Å²) < 4.78 is 37.4. The molecule has 0 unspecified atom stereocenters. The molecule has 0 spiro atoms. The number of hydrogen-bond acceptors (Lipinski definition) is 4. The van der Waals surface area contributed by atoms with Gasteiger partial charge < -0.3 is 10.6 Å². The number of benzene rings is 1. The third-order valence-electron chi connectivity index (χ3n) is 3.29. The SMILES string of the molecule is O=C(NC1CC1)c1cnc(Nc2ccc(C(F)(F)F)cc2)nc1. The zero-order valence-corrected chi connectivity index (χ0v) is 11.9. The third-order valence-corrected chi connectivity index (χ3v) is 3.29. The van der Waals surface area contributed by atoms with Crippen molar-refractivity contribution in [2.75, 3.05) is 5.32 Å². The Balaban J connectivity index is 1.64. The second kappa shape index (κ2) is 5.86. The van der Waals surface area contributed by atoms with Crippen molar-refractivity contribution < 1.29 is 18.0 Å². The Kier molecular flexibility index (Phi) is 3.89. The van der Waals surface area contributed by atoms with Gasteiger partial charge in [-0.25, -0.2) is 9.97 Å². The van der Waals surface area contributed by atoms with E-state index in [0.717, 1.165) is 25.0 Å². The van der Waals surface area contributed by atoms with Crippen molar-refractivity contribution in [3.8, 4) is 0 Å². The number of halogens is 3. The van der Waals surface area contributed by atoms with Crippen molar-refractivity contribution in [1.82, 2.24) is 15.3 Å². The van der Waals surface area contributed by atoms with Crippen molar-refractivity contribution in [3.63, 3.8) is 0 Å². The maximum Gasteiger partial charge on any atom is 0.416 e. The molecule has 23 heavy (non-hydrogen) atoms. The molecule has 1 heterocycles. The molecule has 0 radical (unpaired) electrons. The number of carbonyl (C=O) groups is 1. The van der Waals surface area contributed by atoms with Gasteiger partial charge in [-0.1, -0.05) is 0 Å². The monoisotopic (exact) mass is 322 g/mol. The lowest BCUT2D eigenvalue weighted by atomic mass is 10.2. The summed E-state index contributed by atoms with van der Waals surface area (Å²) in [7, 11) is 0. The topological polar surface area (TPSA) is 66.9 Å². The number of hydrogen-bond donors (Lipinski definition) is 2. The zero-order chi connectivity index (χ0) is 16.4. The lowest BCUT2D eigenvalue weighted by Gasteiger charge is -2.09. The molecular weight excluding hydrogens is 309 g/mol. The molecular formula is C15H13F3N4O. The van der Waals surface area contributed by atoms with E-state index in [1.807, 2.05) is 0 Å². The molecule has 120 valence electrons. The summed E-state index contributed by atoms with van der Waals surface area (Å²) in [6.07, 6.45) is 0.347. The minimum absolute atomic E-state index is 0.202. The van der Waals surface area contributed by atoms with Gasteiger partial charge in [-0.3, -0.25) is 4.79 Å². The first-order valence-corrected chi connectivity index (χ1v) is 6.99. The predicted molar refractivity (Wildman–Crippen MR) is 77.2 cm³/mol. The van der Waals surface area contributed by atoms with Crippen LogP contribution in [-0.2, 0) is 6.18 Å². The summed E-state index contributed by atoms with van der Waals surface area (Å²) >= 11 is 0. The van der Waals surface area contributed by atoms with E-state index in [4.69, 9.17) is 0 Å². The van der Waals surface area contributed by atoms with Gasteiger partial charge in [-0.2, -0.15) is 13.2 Å². The quantitative estimate of drug-likeness (QED) is 0.907. The van der Waals surface area contributed by atoms with Crippen LogP contribution >= 0.6 is 0 Å². The van der Waals surface area contributed by atoms with Crippen LogP contribution in [0.25, 0.3) is 0 Å². The Hall–Kier alpha value is -2.64. The van der Waals surface area contributed by atoms with Crippen LogP contribution in [-0.4, -0.2) is 21.9 Å². The first kappa shape index (κ1) is 15.3. The number of carbonyl (C=O) groups excluding carboxylic acids is 1. The third kappa shape index (κ3) is 3.97. The number of alkyl halides is 3. The van der Waals surface area contributed by atoms with Crippen LogP contribution in [0.3, 0.4) is 0 Å². The highest BCUT2D eigenvalue weighted by Gasteiger charge is 2.30. The van der Waals surface area contributed by atoms with Crippen molar-refractivity contribution in [1.29, 1.82) is 0 Å². The van der Waals surface area contributed by atoms with E-state index in [0.29, 0.717) is 11.3 Å². The van der Waals surface area contributed by atoms with E-state index in [1.54, 1.807) is 0 Å². The number of rotatable bonds is 4. The molecule has 1 aliphatic carbocycles. The Morgan fingerprint density at radius 1 is 1.09 bits per heavy atom. The van der Waals surface area contributed by atoms with Crippen LogP contribution < -0.4 is 10.6 Å². The second-order valence-electron chi connectivity index (χ2n) is 5.24. The summed E-state index contributed by atoms with van der Waals surface area (Å²) in [5.41, 5.74) is 0.0408. The van der Waals surface area contributed by atoms with E-state index >= 15 is 0 Å². The zero-order valence-electron chi connectivity index (χ0n) is 11.9. The predicted octanol–water partition coefficient (Wildman–Crippen LogP) is 3.13. The van der Waals surface area contributed by atoms with E-state index in [-0.39, 0.29) is 17.9 Å². The summed E-state index contributed by atoms with van der Waals surface area (Å²) in [4.78, 5) is 19.8. The van der Waals surface area contributed by atoms with Crippen molar-refractivity contribution in [3.05, 3.63) is 47.8 Å². The van der Waals surface area contributed by atoms with Gasteiger partial charge in [0.15, 0.2) is 0 Å². The highest BCUT2D eigenvalue weighted by atomic mass is 19.4. The normalized spacial score (nSPS) is 14.4. The van der Waals surface area contributed by atoms with E-state index in [2.05, 4.69) is 20.6 Å². The van der Waals surface area contributed by atoms with Gasteiger partial charge in [0.25, 0.3) is 5.91 Å². The summed E-state index contributed by atoms with van der Waals surface area (Å²) in [6, 6.07) is 4.77. The molecule has 1 amide bonds. The van der Waals surface area contributed by atoms with Crippen LogP contribution in [0.15, 0.2) is 36.7 Å². The minimum atomic E-state index is -4.37. The molecule has 2 aromatic rings. The Labute approximate surface area is 130 Å². The van der Waals surface area contributed by atoms with E-state index in [9.17, 15) is 18.0 Å². The molecule has 3 rings (SSSR count). The first-order chi connectivity index (χ1) is 10.9. The number of nitrogens with one attached hydrogen (secondary N) is 2. The van der Waals surface area contributed by atoms with Crippen molar-refractivity contribution in [2.45, 2.75) is 25.1 Å². The van der Waals surface area contributed by atoms with Crippen LogP contribution in [0.2, 0.25) is 0 Å². The molecule has 1 aromatic heterocycles. The molecule has 0 atom stereocenters. The number of aromatic nitrogens is 2. The highest BCUT2D eigenvalue weighted by molar-refractivity contribution is 5.94. The fraction of sp³-hybridized carbons (Fsp3) is 0.267. The number of anilines is 2. The summed E-state index contributed by atoms with van der Waals surface area (Å²) in [5, 5.41) is 5.59. The van der Waals surface area contributed by atoms with Gasteiger partial charge in [0.1, 0.15) is 0 Å². The largest absolute Gasteiger partial charge is 0.416 e. The molecule has 0 bridgehead atoms. The molecule has 1 aliphatic rings. The van der Waals surface area contributed by atoms with E-state index < -0.39 is 11.7 Å². The van der Waals surface area contributed by atoms with Gasteiger partial charge in [0, 0.05) is 24.1 Å². The first-order valence-electron chi connectivity index (χ1n) is 6.99. The van der Waals surface area contributed by atoms with Crippen molar-refractivity contribution in [2.24, 2.45) is 0 Å². The Bertz CT molecular complexity index is 694. The maximum absolute atomic E-state index is 12.5. The summed E-state index contributed by atoms with van der Waals surface area (Å²) in [6.45, 7) is 0. The van der Waals surface area contributed by atoms with Crippen molar-refractivity contribution >= 4 is 17.5 Å². The molecule has 2 N–H and O–H groups in total. The highest BCUT2D eigenvalue weighted by Crippen LogP contribution is 2.30. The lowest BCUT2D eigenvalue weighted by molar-refractivity contribution is -0.137. The van der Waals surface area contributed by atoms with Crippen LogP contribution in [0, 0.1) is 0 Å². The molecule has 1 saturated carbocycles. The molecule has 5 nitrogen and oxygen atoms in total. The van der Waals surface area contributed by atoms with Crippen LogP contribution in [0.4, 0.5) is 24.8 Å². The van der Waals surface area contributed by atoms with Gasteiger partial charge in [-0.05, 0) is 37.1 Å². The van der Waals surface area contributed by atoms with Gasteiger partial charge in [0.05, 0.1) is 11.1 Å². The molecule has 0 aliphatic heterocycles. The fourth-order valence-electron chi connectivity index (χ4n) is 1.88. The second-order valence-corrected chi connectivity index (χ2v) is 5.24. The minimum Gasteiger partial charge on any atom is -0.349 e. The standard InChI is InChI=1S/C15H13F3N4O/c16-15(17,18)10-1-3-12(4-2-10)22-14-19-7-9(8-20-14)13(23)21-11-5-6-11/h1-4,7-8,11H,5-6H2,(H,21,23)(H,19,20,22). The summed E-state index contributed by atoms with van der Waals surface area (Å²) in [5.74, 6) is -0.0266. The van der Waals surface area contributed by atoms with Gasteiger partial charge in [0.2, 0.25) is 5.95 Å². The molecule has 1 fully saturated rings. The lowest BCUT2D eigenvalue weighted by Crippen LogP contribution is -2.25. The average molecular weight is 322 g/mol. The number of amides is 1. The Morgan fingerprint density at radius 3 is 2.22 bits per heavy atom. The van der Waals surface area contributed by atoms with Crippen LogP contribution in [0.1, 0.15) is 28.8 Å². The molecule has 0 saturated heterocycles. The molecule has 8 heteroatoms. The van der Waals surface area contributed by atoms with Gasteiger partial charge in [-0.15, -0.1) is 0 Å². The smallest absolute Gasteiger partial charge is 0.349 e. The number of nitrogens with zero attached hydrogens (tertiary/aromatic N) is 2. The molecule has 1 aromatic carbocycles. The fourth-order valence-corrected chi connectivity index (χ4v) is 1.88. The average Bonchev–Trinajstić information content (AvgIpc) is 3.31. The van der Waals surface area contributed by atoms with Crippen LogP contribution in [0.5, 0.6) is 0 Å². The Morgan fingerprint density at radius 2 is 1.70 bits per heavy atom.